The van der Waals surface area contributed by atoms with Gasteiger partial charge < -0.3 is 116 Å². The molecule has 3 aromatic carbocycles. The van der Waals surface area contributed by atoms with Gasteiger partial charge in [-0.3, -0.25) is 24.0 Å². The molecule has 105 heavy (non-hydrogen) atoms. The van der Waals surface area contributed by atoms with Crippen molar-refractivity contribution in [1.29, 1.82) is 0 Å². The molecule has 27 nitrogen and oxygen atoms in total. The van der Waals surface area contributed by atoms with Crippen LogP contribution >= 0.6 is 0 Å². The number of piperidine rings is 1. The number of benzene rings is 3. The number of nitrogens with two attached hydrogens (primary N) is 3. The number of amides is 5. The number of carbonyl (C=O) groups excluding carboxylic acids is 13. The standard InChI is InChI=1S/C35H55N5O5.2C8H10.C5H12.C4H10.C3H8O.2C2H6.3CH5N.8CH2O.5H3N/c1-8-25(4)31(35(45)39-19-13-10-14-20-39)36-32(42)29(22-24(2)3)38(7)33(43)28-18-15-21-40(28)34(44)30(37(6)26(5)41)23-27-16-11-9-12-17-27;2*1-2-8-6-4-3-5-7-8;1-4-5(2)3;1-4(2)3;1-3(2)4;13*1-2;;;;;/h9,11-12,16-17,24-25,28-31H,8,10,13-15,18-23H2,1-7H3,(H,36,42);2*3-7H,2H2,1H3;5H,4H2,1-3H3;4H,1-3H3;3-4H,1-2H3;2*1-2H3;3*2H2,1H3;8*1H2;5*1H3/t25-,28-,29-,30-,31-;;;;;;;;;;;;;;;;;;;;;;;/m0......................./s1. The molecule has 2 heterocycles. The molecule has 0 aliphatic carbocycles. The van der Waals surface area contributed by atoms with E-state index in [1.165, 1.54) is 55.4 Å². The third-order valence-electron chi connectivity index (χ3n) is 12.9. The van der Waals surface area contributed by atoms with Crippen LogP contribution in [-0.2, 0) is 81.6 Å². The topological polar surface area (TPSA) is 520 Å². The Balaban J connectivity index is -0.0000000594. The van der Waals surface area contributed by atoms with Crippen molar-refractivity contribution in [3.63, 3.8) is 0 Å². The van der Waals surface area contributed by atoms with E-state index in [0.29, 0.717) is 45.3 Å². The van der Waals surface area contributed by atoms with E-state index < -0.39 is 24.2 Å². The molecule has 0 unspecified atom stereocenters. The van der Waals surface area contributed by atoms with Crippen molar-refractivity contribution in [1.82, 2.24) is 55.7 Å². The second-order valence-electron chi connectivity index (χ2n) is 21.7. The number of hydrogen-bond acceptors (Lipinski definition) is 22. The van der Waals surface area contributed by atoms with Crippen molar-refractivity contribution >= 4 is 83.8 Å². The highest BCUT2D eigenvalue weighted by Crippen LogP contribution is 2.25. The smallest absolute Gasteiger partial charge is 0.246 e. The van der Waals surface area contributed by atoms with E-state index in [1.54, 1.807) is 32.8 Å². The SMILES string of the molecule is C=O.C=O.C=O.C=O.C=O.C=O.C=O.C=O.CC.CC.CC(C)C.CC(C)O.CCC(C)C.CC[C@H](C)[C@H](NC(=O)[C@H](CC(C)C)N(C)C(=O)[C@@H]1CCCN1C(=O)[C@H](Cc1ccccc1)N(C)C(C)=O)C(=O)N1CCCCC1.CCc1ccccc1.CCc1ccccc1.CN.CN.CN.N.N.N.N.N. The summed E-state index contributed by atoms with van der Waals surface area (Å²) in [6.07, 6.45) is 9.07. The molecule has 5 rings (SSSR count). The summed E-state index contributed by atoms with van der Waals surface area (Å²) < 4.78 is 0. The second-order valence-corrected chi connectivity index (χ2v) is 21.7. The van der Waals surface area contributed by atoms with E-state index in [0.717, 1.165) is 55.9 Å². The molecule has 2 aliphatic heterocycles. The van der Waals surface area contributed by atoms with Crippen LogP contribution in [0.15, 0.2) is 91.0 Å². The third kappa shape index (κ3) is 88.3. The summed E-state index contributed by atoms with van der Waals surface area (Å²) in [5, 5.41) is 11.1. The summed E-state index contributed by atoms with van der Waals surface area (Å²) in [5.41, 5.74) is 17.2. The van der Waals surface area contributed by atoms with Crippen molar-refractivity contribution in [2.45, 2.75) is 232 Å². The van der Waals surface area contributed by atoms with Crippen molar-refractivity contribution in [2.75, 3.05) is 54.9 Å². The van der Waals surface area contributed by atoms with E-state index in [2.05, 4.69) is 126 Å². The molecule has 0 radical (unpaired) electrons. The fourth-order valence-corrected chi connectivity index (χ4v) is 7.87. The van der Waals surface area contributed by atoms with Crippen LogP contribution in [0.5, 0.6) is 0 Å². The van der Waals surface area contributed by atoms with Crippen LogP contribution in [0.4, 0.5) is 0 Å². The van der Waals surface area contributed by atoms with Crippen molar-refractivity contribution in [3.05, 3.63) is 108 Å². The first-order chi connectivity index (χ1) is 48.0. The zero-order chi connectivity index (χ0) is 82.3. The lowest BCUT2D eigenvalue weighted by Gasteiger charge is -2.37. The molecule has 0 bridgehead atoms. The first-order valence-electron chi connectivity index (χ1n) is 34.2. The molecule has 2 aliphatic rings. The molecular weight excluding hydrogens is 1340 g/mol. The van der Waals surface area contributed by atoms with Gasteiger partial charge in [-0.2, -0.15) is 0 Å². The lowest BCUT2D eigenvalue weighted by atomic mass is 9.95. The Labute approximate surface area is 640 Å². The molecule has 2 saturated heterocycles. The number of rotatable bonds is 16. The van der Waals surface area contributed by atoms with Crippen LogP contribution in [0.25, 0.3) is 0 Å². The molecule has 0 spiro atoms. The quantitative estimate of drug-likeness (QED) is 0.0637. The Morgan fingerprint density at radius 1 is 0.476 bits per heavy atom. The Kier molecular flexibility index (Phi) is 168. The number of aryl methyl sites for hydroxylation is 2. The molecular formula is C78H163N13O14. The average Bonchev–Trinajstić information content (AvgIpc) is 1.76. The maximum Gasteiger partial charge on any atom is 0.246 e. The Morgan fingerprint density at radius 3 is 1.04 bits per heavy atom. The van der Waals surface area contributed by atoms with Crippen LogP contribution in [-0.4, -0.2) is 194 Å². The first kappa shape index (κ1) is 147. The lowest BCUT2D eigenvalue weighted by molar-refractivity contribution is -0.151. The Hall–Kier alpha value is -7.99. The summed E-state index contributed by atoms with van der Waals surface area (Å²) in [6.45, 7) is 56.1. The average molecular weight is 1510 g/mol. The van der Waals surface area contributed by atoms with Gasteiger partial charge in [0.15, 0.2) is 0 Å². The van der Waals surface area contributed by atoms with Crippen LogP contribution in [0, 0.1) is 23.7 Å². The van der Waals surface area contributed by atoms with E-state index in [9.17, 15) is 24.0 Å². The lowest BCUT2D eigenvalue weighted by Crippen LogP contribution is -2.59. The Morgan fingerprint density at radius 2 is 0.781 bits per heavy atom. The first-order valence-corrected chi connectivity index (χ1v) is 34.2. The minimum Gasteiger partial charge on any atom is -0.394 e. The van der Waals surface area contributed by atoms with Gasteiger partial charge in [0, 0.05) is 53.2 Å². The van der Waals surface area contributed by atoms with Crippen LogP contribution in [0.2, 0.25) is 0 Å². The van der Waals surface area contributed by atoms with Gasteiger partial charge in [-0.05, 0) is 127 Å². The summed E-state index contributed by atoms with van der Waals surface area (Å²) >= 11 is 0. The molecule has 2 fully saturated rings. The number of nitrogens with zero attached hydrogens (tertiary/aromatic N) is 4. The number of nitrogens with one attached hydrogen (secondary N) is 1. The van der Waals surface area contributed by atoms with E-state index >= 15 is 0 Å². The number of likely N-dealkylation sites (tertiary alicyclic amines) is 2. The minimum atomic E-state index is -0.796. The van der Waals surface area contributed by atoms with Gasteiger partial charge in [-0.25, -0.2) is 0 Å². The zero-order valence-electron chi connectivity index (χ0n) is 70.7. The maximum absolute atomic E-state index is 14.1. The normalized spacial score (nSPS) is 11.4. The predicted molar refractivity (Wildman–Crippen MR) is 445 cm³/mol. The van der Waals surface area contributed by atoms with Crippen molar-refractivity contribution < 1.29 is 67.4 Å². The zero-order valence-corrected chi connectivity index (χ0v) is 70.7. The van der Waals surface area contributed by atoms with Gasteiger partial charge in [-0.1, -0.05) is 215 Å². The van der Waals surface area contributed by atoms with Crippen LogP contribution < -0.4 is 53.3 Å². The summed E-state index contributed by atoms with van der Waals surface area (Å²) in [7, 11) is 7.75. The molecule has 0 aromatic heterocycles. The highest BCUT2D eigenvalue weighted by atomic mass is 16.3. The van der Waals surface area contributed by atoms with Crippen LogP contribution in [0.3, 0.4) is 0 Å². The van der Waals surface area contributed by atoms with Gasteiger partial charge >= 0.3 is 0 Å². The minimum absolute atomic E-state index is 0. The third-order valence-corrected chi connectivity index (χ3v) is 12.9. The molecule has 5 atom stereocenters. The van der Waals surface area contributed by atoms with E-state index in [-0.39, 0.29) is 78.2 Å². The molecule has 624 valence electrons. The van der Waals surface area contributed by atoms with Crippen molar-refractivity contribution in [3.8, 4) is 0 Å². The van der Waals surface area contributed by atoms with Crippen molar-refractivity contribution in [2.24, 2.45) is 40.9 Å². The molecule has 27 heteroatoms. The Bertz CT molecular complexity index is 2060. The maximum atomic E-state index is 14.1. The summed E-state index contributed by atoms with van der Waals surface area (Å²) in [5.74, 6) is 0.568. The monoisotopic (exact) mass is 1510 g/mol. The fourth-order valence-electron chi connectivity index (χ4n) is 7.87. The number of hydrogen-bond donors (Lipinski definition) is 10. The molecule has 0 saturated carbocycles. The van der Waals surface area contributed by atoms with Gasteiger partial charge in [0.05, 0.1) is 0 Å². The van der Waals surface area contributed by atoms with Gasteiger partial charge in [0.1, 0.15) is 78.5 Å². The number of aliphatic hydroxyl groups excluding tert-OH is 1. The number of carbonyl (C=O) groups is 13. The predicted octanol–water partition coefficient (Wildman–Crippen LogP) is 12.2. The second kappa shape index (κ2) is 120. The number of likely N-dealkylation sites (N-methyl/N-ethyl adjacent to an activating group) is 2. The van der Waals surface area contributed by atoms with E-state index in [1.807, 2.05) is 157 Å². The molecule has 3 aromatic rings. The summed E-state index contributed by atoms with van der Waals surface area (Å²) in [6, 6.07) is 27.5. The van der Waals surface area contributed by atoms with E-state index in [4.69, 9.17) is 43.5 Å². The highest BCUT2D eigenvalue weighted by molar-refractivity contribution is 5.96. The molecule has 23 N–H and O–H groups in total. The highest BCUT2D eigenvalue weighted by Gasteiger charge is 2.43. The summed E-state index contributed by atoms with van der Waals surface area (Å²) in [4.78, 5) is 138. The molecule has 5 amide bonds. The van der Waals surface area contributed by atoms with Gasteiger partial charge in [-0.15, -0.1) is 0 Å². The largest absolute Gasteiger partial charge is 0.394 e. The van der Waals surface area contributed by atoms with Gasteiger partial charge in [0.25, 0.3) is 0 Å². The van der Waals surface area contributed by atoms with Gasteiger partial charge in [0.2, 0.25) is 29.5 Å². The van der Waals surface area contributed by atoms with Crippen LogP contribution in [0.1, 0.15) is 200 Å². The fraction of sp³-hybridized carbons (Fsp3) is 0.603. The number of aliphatic hydroxyl groups is 1.